The third-order valence-corrected chi connectivity index (χ3v) is 4.78. The molecule has 0 radical (unpaired) electrons. The molecule has 0 saturated carbocycles. The van der Waals surface area contributed by atoms with Gasteiger partial charge in [0, 0.05) is 5.69 Å². The Hall–Kier alpha value is -2.47. The molecule has 1 aromatic heterocycles. The van der Waals surface area contributed by atoms with Gasteiger partial charge in [-0.25, -0.2) is 4.98 Å². The minimum absolute atomic E-state index is 0.0341. The second-order valence-corrected chi connectivity index (χ2v) is 6.70. The largest absolute Gasteiger partial charge is 0.497 e. The number of aromatic amines is 1. The van der Waals surface area contributed by atoms with E-state index in [1.807, 2.05) is 55.5 Å². The fourth-order valence-electron chi connectivity index (χ4n) is 2.32. The second-order valence-electron chi connectivity index (χ2n) is 5.37. The van der Waals surface area contributed by atoms with E-state index in [1.54, 1.807) is 18.9 Å². The van der Waals surface area contributed by atoms with Crippen LogP contribution in [0.3, 0.4) is 0 Å². The Bertz CT molecular complexity index is 797. The van der Waals surface area contributed by atoms with Gasteiger partial charge in [-0.05, 0) is 43.3 Å². The summed E-state index contributed by atoms with van der Waals surface area (Å²) in [6.45, 7) is 2.04. The third-order valence-electron chi connectivity index (χ3n) is 3.63. The van der Waals surface area contributed by atoms with Crippen molar-refractivity contribution in [2.24, 2.45) is 0 Å². The quantitative estimate of drug-likeness (QED) is 0.711. The summed E-state index contributed by atoms with van der Waals surface area (Å²) in [7, 11) is 1.61. The number of H-pyrrole nitrogens is 1. The molecular formula is C18H19N3O2S. The molecule has 3 rings (SSSR count). The van der Waals surface area contributed by atoms with E-state index in [2.05, 4.69) is 15.3 Å². The summed E-state index contributed by atoms with van der Waals surface area (Å²) in [4.78, 5) is 20.0. The number of amides is 1. The normalized spacial score (nSPS) is 12.1. The number of para-hydroxylation sites is 2. The molecule has 24 heavy (non-hydrogen) atoms. The summed E-state index contributed by atoms with van der Waals surface area (Å²) < 4.78 is 5.10. The summed E-state index contributed by atoms with van der Waals surface area (Å²) in [6, 6.07) is 15.2. The van der Waals surface area contributed by atoms with Crippen molar-refractivity contribution in [3.8, 4) is 5.75 Å². The number of hydrogen-bond acceptors (Lipinski definition) is 4. The van der Waals surface area contributed by atoms with Crippen molar-refractivity contribution in [2.75, 3.05) is 18.2 Å². The lowest BCUT2D eigenvalue weighted by Gasteiger charge is -2.09. The molecule has 0 bridgehead atoms. The fraction of sp³-hybridized carbons (Fsp3) is 0.222. The first-order valence-corrected chi connectivity index (χ1v) is 8.71. The Morgan fingerprint density at radius 1 is 1.25 bits per heavy atom. The van der Waals surface area contributed by atoms with Gasteiger partial charge in [0.05, 0.1) is 29.1 Å². The Morgan fingerprint density at radius 3 is 2.71 bits per heavy atom. The zero-order chi connectivity index (χ0) is 16.9. The highest BCUT2D eigenvalue weighted by molar-refractivity contribution is 8.00. The van der Waals surface area contributed by atoms with Gasteiger partial charge in [0.15, 0.2) is 0 Å². The van der Waals surface area contributed by atoms with Gasteiger partial charge in [0.1, 0.15) is 11.6 Å². The molecule has 2 aromatic carbocycles. The highest BCUT2D eigenvalue weighted by atomic mass is 32.2. The number of ether oxygens (including phenoxy) is 1. The number of nitrogens with zero attached hydrogens (tertiary/aromatic N) is 1. The van der Waals surface area contributed by atoms with Gasteiger partial charge in [-0.15, -0.1) is 11.8 Å². The summed E-state index contributed by atoms with van der Waals surface area (Å²) in [6.07, 6.45) is 0. The Balaban J connectivity index is 1.54. The van der Waals surface area contributed by atoms with Gasteiger partial charge in [0.2, 0.25) is 5.91 Å². The average Bonchev–Trinajstić information content (AvgIpc) is 3.04. The van der Waals surface area contributed by atoms with E-state index >= 15 is 0 Å². The van der Waals surface area contributed by atoms with Crippen LogP contribution >= 0.6 is 11.8 Å². The van der Waals surface area contributed by atoms with Crippen molar-refractivity contribution in [1.82, 2.24) is 9.97 Å². The number of carbonyl (C=O) groups is 1. The molecule has 124 valence electrons. The Kier molecular flexibility index (Phi) is 5.05. The average molecular weight is 341 g/mol. The molecule has 0 aliphatic rings. The van der Waals surface area contributed by atoms with Gasteiger partial charge in [-0.1, -0.05) is 12.1 Å². The number of thioether (sulfide) groups is 1. The number of hydrogen-bond donors (Lipinski definition) is 2. The van der Waals surface area contributed by atoms with Crippen LogP contribution in [0, 0.1) is 0 Å². The zero-order valence-electron chi connectivity index (χ0n) is 13.6. The van der Waals surface area contributed by atoms with Gasteiger partial charge in [-0.3, -0.25) is 4.79 Å². The van der Waals surface area contributed by atoms with Crippen LogP contribution in [0.15, 0.2) is 48.5 Å². The standard InChI is InChI=1S/C18H19N3O2S/c1-12(18-20-15-5-3-4-6-16(15)21-18)24-11-17(22)19-13-7-9-14(23-2)10-8-13/h3-10,12H,11H2,1-2H3,(H,19,22)(H,20,21). The summed E-state index contributed by atoms with van der Waals surface area (Å²) >= 11 is 1.55. The number of anilines is 1. The minimum Gasteiger partial charge on any atom is -0.497 e. The van der Waals surface area contributed by atoms with Crippen molar-refractivity contribution in [3.63, 3.8) is 0 Å². The fourth-order valence-corrected chi connectivity index (χ4v) is 3.06. The second kappa shape index (κ2) is 7.40. The Labute approximate surface area is 144 Å². The molecule has 2 N–H and O–H groups in total. The van der Waals surface area contributed by atoms with E-state index < -0.39 is 0 Å². The number of methoxy groups -OCH3 is 1. The van der Waals surface area contributed by atoms with E-state index in [0.29, 0.717) is 5.75 Å². The molecule has 5 nitrogen and oxygen atoms in total. The first kappa shape index (κ1) is 16.4. The lowest BCUT2D eigenvalue weighted by Crippen LogP contribution is -2.14. The van der Waals surface area contributed by atoms with Crippen LogP contribution in [-0.4, -0.2) is 28.7 Å². The van der Waals surface area contributed by atoms with Crippen LogP contribution in [0.5, 0.6) is 5.75 Å². The number of rotatable bonds is 6. The van der Waals surface area contributed by atoms with Gasteiger partial charge >= 0.3 is 0 Å². The molecule has 1 atom stereocenters. The topological polar surface area (TPSA) is 67.0 Å². The van der Waals surface area contributed by atoms with Crippen LogP contribution < -0.4 is 10.1 Å². The lowest BCUT2D eigenvalue weighted by molar-refractivity contribution is -0.113. The van der Waals surface area contributed by atoms with Crippen molar-refractivity contribution >= 4 is 34.4 Å². The van der Waals surface area contributed by atoms with E-state index in [0.717, 1.165) is 28.3 Å². The number of benzene rings is 2. The molecule has 3 aromatic rings. The molecule has 1 heterocycles. The van der Waals surface area contributed by atoms with E-state index in [9.17, 15) is 4.79 Å². The molecular weight excluding hydrogens is 322 g/mol. The van der Waals surface area contributed by atoms with Crippen molar-refractivity contribution in [3.05, 3.63) is 54.4 Å². The number of nitrogens with one attached hydrogen (secondary N) is 2. The van der Waals surface area contributed by atoms with Crippen LogP contribution in [-0.2, 0) is 4.79 Å². The smallest absolute Gasteiger partial charge is 0.234 e. The van der Waals surface area contributed by atoms with E-state index in [-0.39, 0.29) is 11.2 Å². The highest BCUT2D eigenvalue weighted by Gasteiger charge is 2.13. The first-order chi connectivity index (χ1) is 11.7. The predicted octanol–water partition coefficient (Wildman–Crippen LogP) is 4.00. The molecule has 0 aliphatic heterocycles. The third kappa shape index (κ3) is 3.89. The summed E-state index contributed by atoms with van der Waals surface area (Å²) in [5, 5.41) is 2.99. The summed E-state index contributed by atoms with van der Waals surface area (Å²) in [5.74, 6) is 1.98. The molecule has 6 heteroatoms. The van der Waals surface area contributed by atoms with Crippen molar-refractivity contribution in [2.45, 2.75) is 12.2 Å². The van der Waals surface area contributed by atoms with Crippen LogP contribution in [0.2, 0.25) is 0 Å². The lowest BCUT2D eigenvalue weighted by atomic mass is 10.3. The van der Waals surface area contributed by atoms with E-state index in [1.165, 1.54) is 0 Å². The number of carbonyl (C=O) groups excluding carboxylic acids is 1. The van der Waals surface area contributed by atoms with Crippen LogP contribution in [0.25, 0.3) is 11.0 Å². The summed E-state index contributed by atoms with van der Waals surface area (Å²) in [5.41, 5.74) is 2.73. The maximum absolute atomic E-state index is 12.1. The number of fused-ring (bicyclic) bond motifs is 1. The van der Waals surface area contributed by atoms with Gasteiger partial charge in [-0.2, -0.15) is 0 Å². The van der Waals surface area contributed by atoms with Crippen molar-refractivity contribution in [1.29, 1.82) is 0 Å². The predicted molar refractivity (Wildman–Crippen MR) is 98.6 cm³/mol. The maximum atomic E-state index is 12.1. The SMILES string of the molecule is COc1ccc(NC(=O)CSC(C)c2nc3ccccc3[nH]2)cc1. The molecule has 1 unspecified atom stereocenters. The number of imidazole rings is 1. The molecule has 0 aliphatic carbocycles. The first-order valence-electron chi connectivity index (χ1n) is 7.66. The van der Waals surface area contributed by atoms with Gasteiger partial charge in [0.25, 0.3) is 0 Å². The minimum atomic E-state index is -0.0341. The maximum Gasteiger partial charge on any atom is 0.234 e. The highest BCUT2D eigenvalue weighted by Crippen LogP contribution is 2.27. The Morgan fingerprint density at radius 2 is 2.00 bits per heavy atom. The number of aromatic nitrogens is 2. The molecule has 0 fully saturated rings. The van der Waals surface area contributed by atoms with Gasteiger partial charge < -0.3 is 15.0 Å². The monoisotopic (exact) mass is 341 g/mol. The molecule has 1 amide bonds. The molecule has 0 spiro atoms. The zero-order valence-corrected chi connectivity index (χ0v) is 14.4. The van der Waals surface area contributed by atoms with E-state index in [4.69, 9.17) is 4.74 Å². The van der Waals surface area contributed by atoms with Crippen molar-refractivity contribution < 1.29 is 9.53 Å². The van der Waals surface area contributed by atoms with Crippen LogP contribution in [0.4, 0.5) is 5.69 Å². The van der Waals surface area contributed by atoms with Crippen LogP contribution in [0.1, 0.15) is 18.0 Å². The molecule has 0 saturated heterocycles.